The smallest absolute Gasteiger partial charge is 0.325 e. The molecule has 0 heterocycles. The summed E-state index contributed by atoms with van der Waals surface area (Å²) in [5.41, 5.74) is 3.01. The third kappa shape index (κ3) is 3.66. The molecule has 0 atom stereocenters. The van der Waals surface area contributed by atoms with Crippen LogP contribution < -0.4 is 10.1 Å². The van der Waals surface area contributed by atoms with Crippen molar-refractivity contribution in [3.8, 4) is 5.75 Å². The SMILES string of the molecule is CCOC(=O)CNc1c(C)cc(C)cc1OC. The van der Waals surface area contributed by atoms with Gasteiger partial charge in [0.2, 0.25) is 0 Å². The molecule has 0 bridgehead atoms. The Morgan fingerprint density at radius 3 is 2.65 bits per heavy atom. The molecule has 0 amide bonds. The first-order valence-corrected chi connectivity index (χ1v) is 5.63. The molecule has 0 aliphatic rings. The zero-order valence-electron chi connectivity index (χ0n) is 10.8. The van der Waals surface area contributed by atoms with E-state index in [1.54, 1.807) is 14.0 Å². The summed E-state index contributed by atoms with van der Waals surface area (Å²) < 4.78 is 10.1. The number of hydrogen-bond acceptors (Lipinski definition) is 4. The van der Waals surface area contributed by atoms with Crippen molar-refractivity contribution in [1.29, 1.82) is 0 Å². The Hall–Kier alpha value is -1.71. The van der Waals surface area contributed by atoms with Gasteiger partial charge in [0, 0.05) is 0 Å². The molecule has 0 fully saturated rings. The number of nitrogens with one attached hydrogen (secondary N) is 1. The van der Waals surface area contributed by atoms with Gasteiger partial charge in [0.15, 0.2) is 0 Å². The van der Waals surface area contributed by atoms with Gasteiger partial charge in [0.1, 0.15) is 12.3 Å². The minimum Gasteiger partial charge on any atom is -0.495 e. The summed E-state index contributed by atoms with van der Waals surface area (Å²) in [4.78, 5) is 11.3. The van der Waals surface area contributed by atoms with Gasteiger partial charge in [0.05, 0.1) is 19.4 Å². The summed E-state index contributed by atoms with van der Waals surface area (Å²) in [6.45, 7) is 6.31. The van der Waals surface area contributed by atoms with Gasteiger partial charge in [-0.2, -0.15) is 0 Å². The first-order chi connectivity index (χ1) is 8.08. The van der Waals surface area contributed by atoms with E-state index in [1.165, 1.54) is 0 Å². The zero-order valence-corrected chi connectivity index (χ0v) is 10.8. The molecule has 1 N–H and O–H groups in total. The fourth-order valence-corrected chi connectivity index (χ4v) is 1.69. The van der Waals surface area contributed by atoms with Crippen molar-refractivity contribution in [2.24, 2.45) is 0 Å². The van der Waals surface area contributed by atoms with Crippen LogP contribution in [0.1, 0.15) is 18.1 Å². The predicted molar refractivity (Wildman–Crippen MR) is 67.6 cm³/mol. The molecule has 1 aromatic rings. The largest absolute Gasteiger partial charge is 0.495 e. The van der Waals surface area contributed by atoms with Crippen LogP contribution in [-0.4, -0.2) is 26.2 Å². The molecule has 94 valence electrons. The van der Waals surface area contributed by atoms with E-state index in [1.807, 2.05) is 26.0 Å². The standard InChI is InChI=1S/C13H19NO3/c1-5-17-12(15)8-14-13-10(3)6-9(2)7-11(13)16-4/h6-7,14H,5,8H2,1-4H3. The van der Waals surface area contributed by atoms with E-state index in [0.29, 0.717) is 6.61 Å². The van der Waals surface area contributed by atoms with Gasteiger partial charge >= 0.3 is 5.97 Å². The Labute approximate surface area is 102 Å². The Morgan fingerprint density at radius 2 is 2.06 bits per heavy atom. The molecule has 0 aromatic heterocycles. The highest BCUT2D eigenvalue weighted by Crippen LogP contribution is 2.29. The molecule has 0 aliphatic heterocycles. The molecule has 0 unspecified atom stereocenters. The van der Waals surface area contributed by atoms with Gasteiger partial charge in [-0.3, -0.25) is 4.79 Å². The second kappa shape index (κ2) is 6.13. The number of hydrogen-bond donors (Lipinski definition) is 1. The van der Waals surface area contributed by atoms with Crippen molar-refractivity contribution in [3.05, 3.63) is 23.3 Å². The number of carbonyl (C=O) groups is 1. The summed E-state index contributed by atoms with van der Waals surface area (Å²) in [6, 6.07) is 3.97. The molecular formula is C13H19NO3. The van der Waals surface area contributed by atoms with Crippen molar-refractivity contribution >= 4 is 11.7 Å². The number of ether oxygens (including phenoxy) is 2. The van der Waals surface area contributed by atoms with Crippen LogP contribution in [-0.2, 0) is 9.53 Å². The van der Waals surface area contributed by atoms with Gasteiger partial charge < -0.3 is 14.8 Å². The van der Waals surface area contributed by atoms with Crippen molar-refractivity contribution in [2.75, 3.05) is 25.6 Å². The van der Waals surface area contributed by atoms with Crippen LogP contribution in [0.15, 0.2) is 12.1 Å². The van der Waals surface area contributed by atoms with E-state index in [2.05, 4.69) is 5.32 Å². The topological polar surface area (TPSA) is 47.6 Å². The lowest BCUT2D eigenvalue weighted by Crippen LogP contribution is -2.17. The average Bonchev–Trinajstić information content (AvgIpc) is 2.27. The molecular weight excluding hydrogens is 218 g/mol. The van der Waals surface area contributed by atoms with Crippen LogP contribution in [0.4, 0.5) is 5.69 Å². The first-order valence-electron chi connectivity index (χ1n) is 5.63. The Balaban J connectivity index is 2.79. The lowest BCUT2D eigenvalue weighted by Gasteiger charge is -2.14. The third-order valence-corrected chi connectivity index (χ3v) is 2.38. The van der Waals surface area contributed by atoms with Gasteiger partial charge in [-0.15, -0.1) is 0 Å². The molecule has 1 rings (SSSR count). The van der Waals surface area contributed by atoms with E-state index in [0.717, 1.165) is 22.6 Å². The van der Waals surface area contributed by atoms with E-state index >= 15 is 0 Å². The van der Waals surface area contributed by atoms with E-state index in [4.69, 9.17) is 9.47 Å². The Bertz CT molecular complexity index is 402. The maximum atomic E-state index is 11.3. The van der Waals surface area contributed by atoms with Crippen molar-refractivity contribution in [3.63, 3.8) is 0 Å². The van der Waals surface area contributed by atoms with E-state index in [-0.39, 0.29) is 12.5 Å². The van der Waals surface area contributed by atoms with E-state index in [9.17, 15) is 4.79 Å². The number of aryl methyl sites for hydroxylation is 2. The van der Waals surface area contributed by atoms with Crippen LogP contribution in [0.5, 0.6) is 5.75 Å². The average molecular weight is 237 g/mol. The van der Waals surface area contributed by atoms with Crippen LogP contribution >= 0.6 is 0 Å². The lowest BCUT2D eigenvalue weighted by atomic mass is 10.1. The molecule has 4 nitrogen and oxygen atoms in total. The second-order valence-electron chi connectivity index (χ2n) is 3.82. The molecule has 0 saturated carbocycles. The van der Waals surface area contributed by atoms with Crippen molar-refractivity contribution < 1.29 is 14.3 Å². The fraction of sp³-hybridized carbons (Fsp3) is 0.462. The monoisotopic (exact) mass is 237 g/mol. The van der Waals surface area contributed by atoms with Crippen LogP contribution in [0.25, 0.3) is 0 Å². The fourth-order valence-electron chi connectivity index (χ4n) is 1.69. The number of carbonyl (C=O) groups excluding carboxylic acids is 1. The molecule has 0 saturated heterocycles. The van der Waals surface area contributed by atoms with Gasteiger partial charge in [0.25, 0.3) is 0 Å². The molecule has 17 heavy (non-hydrogen) atoms. The maximum absolute atomic E-state index is 11.3. The van der Waals surface area contributed by atoms with Crippen molar-refractivity contribution in [1.82, 2.24) is 0 Å². The predicted octanol–water partition coefficient (Wildman–Crippen LogP) is 2.29. The summed E-state index contributed by atoms with van der Waals surface area (Å²) in [7, 11) is 1.61. The Kier molecular flexibility index (Phi) is 4.82. The first kappa shape index (κ1) is 13.4. The summed E-state index contributed by atoms with van der Waals surface area (Å²) >= 11 is 0. The normalized spacial score (nSPS) is 9.88. The van der Waals surface area contributed by atoms with E-state index < -0.39 is 0 Å². The number of anilines is 1. The minimum atomic E-state index is -0.269. The quantitative estimate of drug-likeness (QED) is 0.798. The number of esters is 1. The van der Waals surface area contributed by atoms with Crippen molar-refractivity contribution in [2.45, 2.75) is 20.8 Å². The summed E-state index contributed by atoms with van der Waals surface area (Å²) in [5.74, 6) is 0.473. The van der Waals surface area contributed by atoms with Crippen LogP contribution in [0, 0.1) is 13.8 Å². The maximum Gasteiger partial charge on any atom is 0.325 e. The molecule has 0 spiro atoms. The molecule has 0 aliphatic carbocycles. The Morgan fingerprint density at radius 1 is 1.35 bits per heavy atom. The van der Waals surface area contributed by atoms with Crippen LogP contribution in [0.3, 0.4) is 0 Å². The van der Waals surface area contributed by atoms with Gasteiger partial charge in [-0.05, 0) is 38.0 Å². The highest BCUT2D eigenvalue weighted by molar-refractivity contribution is 5.77. The number of rotatable bonds is 5. The summed E-state index contributed by atoms with van der Waals surface area (Å²) in [5, 5.41) is 3.04. The molecule has 0 radical (unpaired) electrons. The number of benzene rings is 1. The highest BCUT2D eigenvalue weighted by atomic mass is 16.5. The second-order valence-corrected chi connectivity index (χ2v) is 3.82. The number of methoxy groups -OCH3 is 1. The lowest BCUT2D eigenvalue weighted by molar-refractivity contribution is -0.140. The molecule has 1 aromatic carbocycles. The van der Waals surface area contributed by atoms with Gasteiger partial charge in [-0.25, -0.2) is 0 Å². The highest BCUT2D eigenvalue weighted by Gasteiger charge is 2.09. The third-order valence-electron chi connectivity index (χ3n) is 2.38. The van der Waals surface area contributed by atoms with Crippen LogP contribution in [0.2, 0.25) is 0 Å². The summed E-state index contributed by atoms with van der Waals surface area (Å²) in [6.07, 6.45) is 0. The molecule has 4 heteroatoms. The minimum absolute atomic E-state index is 0.147. The van der Waals surface area contributed by atoms with Gasteiger partial charge in [-0.1, -0.05) is 6.07 Å². The zero-order chi connectivity index (χ0) is 12.8.